The van der Waals surface area contributed by atoms with Crippen molar-refractivity contribution < 1.29 is 4.79 Å². The standard InChI is InChI=1S/C24H31ClN4O/c1-19(2)26-11-13-27(14-12-26)21-9-7-20(8-10-21)24(30)29-17-15-28(16-18-29)23-6-4-3-5-22(23)25/h3-10,19H,11-18H2,1-2H3. The maximum absolute atomic E-state index is 13.0. The van der Waals surface area contributed by atoms with Crippen LogP contribution >= 0.6 is 11.6 Å². The minimum absolute atomic E-state index is 0.116. The molecule has 2 aliphatic heterocycles. The lowest BCUT2D eigenvalue weighted by Gasteiger charge is -2.38. The zero-order valence-electron chi connectivity index (χ0n) is 17.9. The number of para-hydroxylation sites is 1. The van der Waals surface area contributed by atoms with Crippen LogP contribution in [0, 0.1) is 0 Å². The third-order valence-electron chi connectivity index (χ3n) is 6.28. The van der Waals surface area contributed by atoms with Gasteiger partial charge < -0.3 is 14.7 Å². The molecule has 160 valence electrons. The lowest BCUT2D eigenvalue weighted by Crippen LogP contribution is -2.49. The molecule has 0 spiro atoms. The summed E-state index contributed by atoms with van der Waals surface area (Å²) >= 11 is 6.33. The highest BCUT2D eigenvalue weighted by Crippen LogP contribution is 2.26. The first-order valence-corrected chi connectivity index (χ1v) is 11.3. The number of amides is 1. The van der Waals surface area contributed by atoms with Crippen molar-refractivity contribution in [3.63, 3.8) is 0 Å². The molecule has 2 aromatic rings. The highest BCUT2D eigenvalue weighted by Gasteiger charge is 2.24. The van der Waals surface area contributed by atoms with Crippen LogP contribution in [0.3, 0.4) is 0 Å². The summed E-state index contributed by atoms with van der Waals surface area (Å²) in [4.78, 5) is 22.1. The van der Waals surface area contributed by atoms with Gasteiger partial charge in [0.2, 0.25) is 0 Å². The summed E-state index contributed by atoms with van der Waals surface area (Å²) in [6.45, 7) is 11.8. The Morgan fingerprint density at radius 3 is 2.00 bits per heavy atom. The van der Waals surface area contributed by atoms with Crippen LogP contribution in [-0.2, 0) is 0 Å². The number of nitrogens with zero attached hydrogens (tertiary/aromatic N) is 4. The van der Waals surface area contributed by atoms with Crippen LogP contribution in [0.4, 0.5) is 11.4 Å². The molecular weight excluding hydrogens is 396 g/mol. The van der Waals surface area contributed by atoms with Crippen molar-refractivity contribution in [2.45, 2.75) is 19.9 Å². The summed E-state index contributed by atoms with van der Waals surface area (Å²) in [7, 11) is 0. The van der Waals surface area contributed by atoms with Gasteiger partial charge in [0.15, 0.2) is 0 Å². The smallest absolute Gasteiger partial charge is 0.253 e. The normalized spacial score (nSPS) is 18.2. The summed E-state index contributed by atoms with van der Waals surface area (Å²) in [6, 6.07) is 16.7. The van der Waals surface area contributed by atoms with Gasteiger partial charge in [0.05, 0.1) is 10.7 Å². The Hall–Kier alpha value is -2.24. The second kappa shape index (κ2) is 9.27. The number of rotatable bonds is 4. The molecule has 0 aromatic heterocycles. The maximum atomic E-state index is 13.0. The number of hydrogen-bond donors (Lipinski definition) is 0. The molecule has 2 saturated heterocycles. The highest BCUT2D eigenvalue weighted by molar-refractivity contribution is 6.33. The van der Waals surface area contributed by atoms with Crippen molar-refractivity contribution in [1.82, 2.24) is 9.80 Å². The molecule has 0 atom stereocenters. The van der Waals surface area contributed by atoms with E-state index in [1.54, 1.807) is 0 Å². The Bertz CT molecular complexity index is 854. The fourth-order valence-corrected chi connectivity index (χ4v) is 4.61. The van der Waals surface area contributed by atoms with E-state index in [0.29, 0.717) is 19.1 Å². The Labute approximate surface area is 184 Å². The number of carbonyl (C=O) groups is 1. The van der Waals surface area contributed by atoms with Gasteiger partial charge in [-0.1, -0.05) is 23.7 Å². The van der Waals surface area contributed by atoms with E-state index >= 15 is 0 Å². The molecule has 2 aliphatic rings. The fraction of sp³-hybridized carbons (Fsp3) is 0.458. The van der Waals surface area contributed by atoms with Crippen LogP contribution in [0.25, 0.3) is 0 Å². The van der Waals surface area contributed by atoms with Crippen LogP contribution in [0.2, 0.25) is 5.02 Å². The molecule has 4 rings (SSSR count). The second-order valence-corrected chi connectivity index (χ2v) is 8.80. The fourth-order valence-electron chi connectivity index (χ4n) is 4.35. The summed E-state index contributed by atoms with van der Waals surface area (Å²) in [5.41, 5.74) is 3.03. The molecule has 5 nitrogen and oxygen atoms in total. The molecule has 0 saturated carbocycles. The molecule has 6 heteroatoms. The summed E-state index contributed by atoms with van der Waals surface area (Å²) in [6.07, 6.45) is 0. The van der Waals surface area contributed by atoms with Gasteiger partial charge >= 0.3 is 0 Å². The van der Waals surface area contributed by atoms with E-state index in [1.807, 2.05) is 41.3 Å². The zero-order valence-corrected chi connectivity index (χ0v) is 18.7. The van der Waals surface area contributed by atoms with Gasteiger partial charge in [-0.2, -0.15) is 0 Å². The van der Waals surface area contributed by atoms with Gasteiger partial charge in [-0.25, -0.2) is 0 Å². The second-order valence-electron chi connectivity index (χ2n) is 8.39. The number of anilines is 2. The predicted octanol–water partition coefficient (Wildman–Crippen LogP) is 3.83. The van der Waals surface area contributed by atoms with E-state index in [9.17, 15) is 4.79 Å². The van der Waals surface area contributed by atoms with Crippen molar-refractivity contribution in [3.8, 4) is 0 Å². The van der Waals surface area contributed by atoms with Crippen molar-refractivity contribution in [1.29, 1.82) is 0 Å². The highest BCUT2D eigenvalue weighted by atomic mass is 35.5. The van der Waals surface area contributed by atoms with Crippen molar-refractivity contribution in [2.24, 2.45) is 0 Å². The van der Waals surface area contributed by atoms with E-state index in [0.717, 1.165) is 55.5 Å². The summed E-state index contributed by atoms with van der Waals surface area (Å²) < 4.78 is 0. The first-order valence-electron chi connectivity index (χ1n) is 10.9. The molecule has 0 unspecified atom stereocenters. The molecular formula is C24H31ClN4O. The maximum Gasteiger partial charge on any atom is 0.253 e. The van der Waals surface area contributed by atoms with Crippen LogP contribution in [0.1, 0.15) is 24.2 Å². The van der Waals surface area contributed by atoms with Gasteiger partial charge in [-0.05, 0) is 50.2 Å². The van der Waals surface area contributed by atoms with E-state index < -0.39 is 0 Å². The predicted molar refractivity (Wildman–Crippen MR) is 125 cm³/mol. The van der Waals surface area contributed by atoms with E-state index in [4.69, 9.17) is 11.6 Å². The minimum atomic E-state index is 0.116. The number of hydrogen-bond acceptors (Lipinski definition) is 4. The summed E-state index contributed by atoms with van der Waals surface area (Å²) in [5.74, 6) is 0.116. The van der Waals surface area contributed by atoms with Gasteiger partial charge in [0.1, 0.15) is 0 Å². The third kappa shape index (κ3) is 4.57. The first-order chi connectivity index (χ1) is 14.5. The minimum Gasteiger partial charge on any atom is -0.369 e. The molecule has 0 aliphatic carbocycles. The van der Waals surface area contributed by atoms with Gasteiger partial charge in [-0.15, -0.1) is 0 Å². The molecule has 0 N–H and O–H groups in total. The topological polar surface area (TPSA) is 30.0 Å². The molecule has 2 fully saturated rings. The monoisotopic (exact) mass is 426 g/mol. The van der Waals surface area contributed by atoms with E-state index in [-0.39, 0.29) is 5.91 Å². The average Bonchev–Trinajstić information content (AvgIpc) is 2.79. The lowest BCUT2D eigenvalue weighted by atomic mass is 10.1. The summed E-state index contributed by atoms with van der Waals surface area (Å²) in [5, 5.41) is 0.766. The third-order valence-corrected chi connectivity index (χ3v) is 6.60. The quantitative estimate of drug-likeness (QED) is 0.743. The average molecular weight is 427 g/mol. The van der Waals surface area contributed by atoms with Crippen molar-refractivity contribution in [3.05, 3.63) is 59.1 Å². The Balaban J connectivity index is 1.33. The van der Waals surface area contributed by atoms with Crippen LogP contribution in [-0.4, -0.2) is 74.1 Å². The largest absolute Gasteiger partial charge is 0.369 e. The Morgan fingerprint density at radius 1 is 0.800 bits per heavy atom. The molecule has 2 aromatic carbocycles. The van der Waals surface area contributed by atoms with Gasteiger partial charge in [0.25, 0.3) is 5.91 Å². The van der Waals surface area contributed by atoms with E-state index in [2.05, 4.69) is 40.7 Å². The van der Waals surface area contributed by atoms with Crippen LogP contribution < -0.4 is 9.80 Å². The number of benzene rings is 2. The van der Waals surface area contributed by atoms with Crippen molar-refractivity contribution in [2.75, 3.05) is 62.2 Å². The zero-order chi connectivity index (χ0) is 21.1. The Kier molecular flexibility index (Phi) is 6.49. The number of piperazine rings is 2. The van der Waals surface area contributed by atoms with Gasteiger partial charge in [0, 0.05) is 69.7 Å². The van der Waals surface area contributed by atoms with Crippen LogP contribution in [0.15, 0.2) is 48.5 Å². The number of halogens is 1. The van der Waals surface area contributed by atoms with E-state index in [1.165, 1.54) is 5.69 Å². The molecule has 30 heavy (non-hydrogen) atoms. The van der Waals surface area contributed by atoms with Crippen LogP contribution in [0.5, 0.6) is 0 Å². The molecule has 0 radical (unpaired) electrons. The lowest BCUT2D eigenvalue weighted by molar-refractivity contribution is 0.0747. The van der Waals surface area contributed by atoms with Gasteiger partial charge in [-0.3, -0.25) is 9.69 Å². The molecule has 2 heterocycles. The molecule has 1 amide bonds. The first kappa shape index (κ1) is 21.0. The Morgan fingerprint density at radius 2 is 1.40 bits per heavy atom. The molecule has 0 bridgehead atoms. The number of carbonyl (C=O) groups excluding carboxylic acids is 1. The SMILES string of the molecule is CC(C)N1CCN(c2ccc(C(=O)N3CCN(c4ccccc4Cl)CC3)cc2)CC1. The van der Waals surface area contributed by atoms with Crippen molar-refractivity contribution >= 4 is 28.9 Å².